The van der Waals surface area contributed by atoms with Crippen molar-refractivity contribution in [1.29, 1.82) is 0 Å². The van der Waals surface area contributed by atoms with Crippen molar-refractivity contribution in [3.63, 3.8) is 0 Å². The van der Waals surface area contributed by atoms with Gasteiger partial charge in [-0.25, -0.2) is 0 Å². The summed E-state index contributed by atoms with van der Waals surface area (Å²) < 4.78 is 11.4. The lowest BCUT2D eigenvalue weighted by Gasteiger charge is -2.01. The van der Waals surface area contributed by atoms with E-state index >= 15 is 0 Å². The predicted molar refractivity (Wildman–Crippen MR) is 80.3 cm³/mol. The lowest BCUT2D eigenvalue weighted by atomic mass is 10.4. The van der Waals surface area contributed by atoms with Gasteiger partial charge in [0.15, 0.2) is 10.1 Å². The molecule has 0 fully saturated rings. The number of hydrogen-bond donors (Lipinski definition) is 1. The Bertz CT molecular complexity index is 694. The van der Waals surface area contributed by atoms with Crippen LogP contribution in [0.15, 0.2) is 31.7 Å². The third kappa shape index (κ3) is 3.24. The lowest BCUT2D eigenvalue weighted by Crippen LogP contribution is -1.94. The summed E-state index contributed by atoms with van der Waals surface area (Å²) in [6.07, 6.45) is 1.58. The molecular weight excluding hydrogens is 310 g/mol. The van der Waals surface area contributed by atoms with Crippen molar-refractivity contribution >= 4 is 28.2 Å². The second-order valence-electron chi connectivity index (χ2n) is 4.10. The summed E-state index contributed by atoms with van der Waals surface area (Å²) in [4.78, 5) is 4.34. The summed E-state index contributed by atoms with van der Waals surface area (Å²) in [6, 6.07) is 3.58. The van der Waals surface area contributed by atoms with E-state index in [1.165, 1.54) is 23.1 Å². The van der Waals surface area contributed by atoms with Gasteiger partial charge in [-0.2, -0.15) is 4.98 Å². The van der Waals surface area contributed by atoms with E-state index in [4.69, 9.17) is 8.94 Å². The monoisotopic (exact) mass is 323 g/mol. The van der Waals surface area contributed by atoms with Gasteiger partial charge in [0.2, 0.25) is 16.8 Å². The minimum absolute atomic E-state index is 0.0105. The van der Waals surface area contributed by atoms with Gasteiger partial charge in [0.05, 0.1) is 11.5 Å². The van der Waals surface area contributed by atoms with Crippen molar-refractivity contribution in [2.75, 3.05) is 11.9 Å². The average molecular weight is 323 g/mol. The van der Waals surface area contributed by atoms with E-state index < -0.39 is 0 Å². The number of thioether (sulfide) groups is 1. The number of anilines is 1. The molecule has 0 radical (unpaired) electrons. The normalized spacial score (nSPS) is 12.5. The van der Waals surface area contributed by atoms with Gasteiger partial charge in [0, 0.05) is 6.54 Å². The Labute approximate surface area is 129 Å². The van der Waals surface area contributed by atoms with E-state index in [0.29, 0.717) is 17.5 Å². The first-order chi connectivity index (χ1) is 10.3. The summed E-state index contributed by atoms with van der Waals surface area (Å²) in [7, 11) is 0. The smallest absolute Gasteiger partial charge is 0.240 e. The molecule has 0 aliphatic carbocycles. The molecule has 3 aromatic heterocycles. The van der Waals surface area contributed by atoms with Gasteiger partial charge in [-0.3, -0.25) is 0 Å². The van der Waals surface area contributed by atoms with E-state index in [1.54, 1.807) is 18.4 Å². The van der Waals surface area contributed by atoms with E-state index in [0.717, 1.165) is 16.0 Å². The lowest BCUT2D eigenvalue weighted by molar-refractivity contribution is 0.379. The van der Waals surface area contributed by atoms with Crippen LogP contribution in [0.2, 0.25) is 0 Å². The molecule has 0 aliphatic rings. The molecule has 0 amide bonds. The Kier molecular flexibility index (Phi) is 4.20. The van der Waals surface area contributed by atoms with Gasteiger partial charge in [-0.15, -0.1) is 10.2 Å². The SMILES string of the molecule is CCNc1nnc(S[C@H](C)c2nc(-c3ccco3)no2)s1. The molecule has 0 unspecified atom stereocenters. The van der Waals surface area contributed by atoms with Crippen LogP contribution in [0.4, 0.5) is 5.13 Å². The van der Waals surface area contributed by atoms with E-state index in [-0.39, 0.29) is 5.25 Å². The molecule has 0 saturated carbocycles. The molecule has 21 heavy (non-hydrogen) atoms. The summed E-state index contributed by atoms with van der Waals surface area (Å²) in [5.74, 6) is 1.58. The quantitative estimate of drug-likeness (QED) is 0.690. The van der Waals surface area contributed by atoms with E-state index in [2.05, 4.69) is 25.7 Å². The minimum Gasteiger partial charge on any atom is -0.461 e. The predicted octanol–water partition coefficient (Wildman–Crippen LogP) is 3.47. The fourth-order valence-corrected chi connectivity index (χ4v) is 3.58. The molecule has 0 bridgehead atoms. The Hall–Kier alpha value is -1.87. The molecular formula is C12H13N5O2S2. The van der Waals surface area contributed by atoms with Crippen LogP contribution < -0.4 is 5.32 Å². The number of aromatic nitrogens is 4. The number of nitrogens with one attached hydrogen (secondary N) is 1. The first kappa shape index (κ1) is 14.1. The summed E-state index contributed by atoms with van der Waals surface area (Å²) in [5.41, 5.74) is 0. The highest BCUT2D eigenvalue weighted by Crippen LogP contribution is 2.37. The largest absolute Gasteiger partial charge is 0.461 e. The summed E-state index contributed by atoms with van der Waals surface area (Å²) in [5, 5.41) is 16.0. The van der Waals surface area contributed by atoms with Crippen molar-refractivity contribution in [3.8, 4) is 11.6 Å². The van der Waals surface area contributed by atoms with Gasteiger partial charge >= 0.3 is 0 Å². The van der Waals surface area contributed by atoms with Crippen LogP contribution in [-0.2, 0) is 0 Å². The third-order valence-corrected chi connectivity index (χ3v) is 4.60. The van der Waals surface area contributed by atoms with Gasteiger partial charge in [-0.05, 0) is 26.0 Å². The van der Waals surface area contributed by atoms with Crippen LogP contribution in [0, 0.1) is 0 Å². The van der Waals surface area contributed by atoms with Crippen molar-refractivity contribution in [2.24, 2.45) is 0 Å². The zero-order valence-corrected chi connectivity index (χ0v) is 13.1. The standard InChI is InChI=1S/C12H13N5O2S2/c1-3-13-11-15-16-12(21-11)20-7(2)10-14-9(17-19-10)8-5-4-6-18-8/h4-7H,3H2,1-2H3,(H,13,15)/t7-/m1/s1. The summed E-state index contributed by atoms with van der Waals surface area (Å²) >= 11 is 3.04. The Morgan fingerprint density at radius 1 is 1.43 bits per heavy atom. The molecule has 1 N–H and O–H groups in total. The minimum atomic E-state index is -0.0105. The highest BCUT2D eigenvalue weighted by atomic mass is 32.2. The maximum Gasteiger partial charge on any atom is 0.240 e. The Balaban J connectivity index is 1.68. The maximum atomic E-state index is 5.28. The second kappa shape index (κ2) is 6.27. The fourth-order valence-electron chi connectivity index (χ4n) is 1.59. The topological polar surface area (TPSA) is 89.9 Å². The fraction of sp³-hybridized carbons (Fsp3) is 0.333. The van der Waals surface area contributed by atoms with Crippen LogP contribution in [0.3, 0.4) is 0 Å². The van der Waals surface area contributed by atoms with Gasteiger partial charge in [-0.1, -0.05) is 28.3 Å². The molecule has 0 saturated heterocycles. The maximum absolute atomic E-state index is 5.28. The average Bonchev–Trinajstić information content (AvgIpc) is 3.20. The van der Waals surface area contributed by atoms with Crippen LogP contribution >= 0.6 is 23.1 Å². The van der Waals surface area contributed by atoms with Crippen molar-refractivity contribution < 1.29 is 8.94 Å². The first-order valence-electron chi connectivity index (χ1n) is 6.37. The van der Waals surface area contributed by atoms with Gasteiger partial charge < -0.3 is 14.3 Å². The molecule has 3 aromatic rings. The van der Waals surface area contributed by atoms with Gasteiger partial charge in [0.25, 0.3) is 0 Å². The van der Waals surface area contributed by atoms with E-state index in [1.807, 2.05) is 13.8 Å². The molecule has 1 atom stereocenters. The molecule has 7 nitrogen and oxygen atoms in total. The van der Waals surface area contributed by atoms with Gasteiger partial charge in [0.1, 0.15) is 0 Å². The molecule has 9 heteroatoms. The number of hydrogen-bond acceptors (Lipinski definition) is 9. The Morgan fingerprint density at radius 3 is 3.10 bits per heavy atom. The Morgan fingerprint density at radius 2 is 2.33 bits per heavy atom. The molecule has 0 aliphatic heterocycles. The highest BCUT2D eigenvalue weighted by Gasteiger charge is 2.19. The molecule has 0 spiro atoms. The number of furan rings is 1. The third-order valence-electron chi connectivity index (χ3n) is 2.54. The van der Waals surface area contributed by atoms with Crippen molar-refractivity contribution in [1.82, 2.24) is 20.3 Å². The summed E-state index contributed by atoms with van der Waals surface area (Å²) in [6.45, 7) is 4.83. The highest BCUT2D eigenvalue weighted by molar-refractivity contribution is 8.01. The van der Waals surface area contributed by atoms with Crippen molar-refractivity contribution in [2.45, 2.75) is 23.4 Å². The van der Waals surface area contributed by atoms with Crippen molar-refractivity contribution in [3.05, 3.63) is 24.3 Å². The molecule has 110 valence electrons. The number of nitrogens with zero attached hydrogens (tertiary/aromatic N) is 4. The second-order valence-corrected chi connectivity index (χ2v) is 6.66. The molecule has 3 heterocycles. The molecule has 3 rings (SSSR count). The van der Waals surface area contributed by atoms with Crippen LogP contribution in [0.5, 0.6) is 0 Å². The zero-order chi connectivity index (χ0) is 14.7. The van der Waals surface area contributed by atoms with Crippen LogP contribution in [0.1, 0.15) is 25.0 Å². The first-order valence-corrected chi connectivity index (χ1v) is 8.07. The van der Waals surface area contributed by atoms with Crippen LogP contribution in [-0.4, -0.2) is 26.9 Å². The van der Waals surface area contributed by atoms with Crippen LogP contribution in [0.25, 0.3) is 11.6 Å². The zero-order valence-electron chi connectivity index (χ0n) is 11.4. The molecule has 0 aromatic carbocycles. The number of rotatable bonds is 6. The van der Waals surface area contributed by atoms with E-state index in [9.17, 15) is 0 Å².